The number of aliphatic hydroxyl groups excluding tert-OH is 1. The molecule has 0 saturated heterocycles. The molecule has 1 aromatic heterocycles. The topological polar surface area (TPSA) is 38.1 Å². The predicted octanol–water partition coefficient (Wildman–Crippen LogP) is 1.89. The number of aliphatic hydroxyl groups is 1. The Morgan fingerprint density at radius 2 is 2.20 bits per heavy atom. The molecule has 78 valence electrons. The van der Waals surface area contributed by atoms with Gasteiger partial charge in [-0.15, -0.1) is 0 Å². The second kappa shape index (κ2) is 3.87. The molecule has 0 aliphatic rings. The molecule has 0 unspecified atom stereocenters. The van der Waals surface area contributed by atoms with Gasteiger partial charge in [-0.1, -0.05) is 18.2 Å². The molecule has 0 aliphatic heterocycles. The van der Waals surface area contributed by atoms with Crippen molar-refractivity contribution in [3.05, 3.63) is 41.7 Å². The highest BCUT2D eigenvalue weighted by atomic mass is 16.3. The fraction of sp³-hybridized carbons (Fsp3) is 0.250. The van der Waals surface area contributed by atoms with E-state index in [-0.39, 0.29) is 6.61 Å². The lowest BCUT2D eigenvalue weighted by molar-refractivity contribution is 0.282. The number of hydrogen-bond acceptors (Lipinski definition) is 2. The lowest BCUT2D eigenvalue weighted by Gasteiger charge is -2.04. The molecule has 3 heteroatoms. The molecule has 0 amide bonds. The van der Waals surface area contributed by atoms with Crippen molar-refractivity contribution in [3.63, 3.8) is 0 Å². The number of benzene rings is 1. The van der Waals surface area contributed by atoms with Crippen LogP contribution in [0.5, 0.6) is 0 Å². The van der Waals surface area contributed by atoms with Crippen LogP contribution in [0.2, 0.25) is 0 Å². The van der Waals surface area contributed by atoms with Crippen molar-refractivity contribution in [1.82, 2.24) is 9.78 Å². The lowest BCUT2D eigenvalue weighted by atomic mass is 10.0. The molecule has 1 aromatic carbocycles. The van der Waals surface area contributed by atoms with E-state index in [2.05, 4.69) is 5.10 Å². The molecule has 0 radical (unpaired) electrons. The minimum absolute atomic E-state index is 0.0914. The first-order valence-electron chi connectivity index (χ1n) is 4.90. The van der Waals surface area contributed by atoms with Crippen LogP contribution in [0.15, 0.2) is 30.6 Å². The maximum absolute atomic E-state index is 9.01. The van der Waals surface area contributed by atoms with E-state index in [0.717, 1.165) is 16.7 Å². The van der Waals surface area contributed by atoms with Crippen LogP contribution in [0.25, 0.3) is 11.1 Å². The summed E-state index contributed by atoms with van der Waals surface area (Å²) in [4.78, 5) is 0. The van der Waals surface area contributed by atoms with Gasteiger partial charge in [0, 0.05) is 18.8 Å². The van der Waals surface area contributed by atoms with Gasteiger partial charge < -0.3 is 5.11 Å². The molecule has 3 nitrogen and oxygen atoms in total. The van der Waals surface area contributed by atoms with Crippen LogP contribution in [-0.2, 0) is 13.7 Å². The Hall–Kier alpha value is -1.61. The third kappa shape index (κ3) is 1.92. The third-order valence-electron chi connectivity index (χ3n) is 2.49. The van der Waals surface area contributed by atoms with Gasteiger partial charge in [0.05, 0.1) is 12.8 Å². The zero-order valence-electron chi connectivity index (χ0n) is 8.94. The molecule has 0 bridgehead atoms. The van der Waals surface area contributed by atoms with E-state index in [0.29, 0.717) is 0 Å². The average Bonchev–Trinajstić information content (AvgIpc) is 2.64. The average molecular weight is 202 g/mol. The SMILES string of the molecule is Cc1cc(CO)ccc1-c1cnn(C)c1. The van der Waals surface area contributed by atoms with E-state index in [9.17, 15) is 0 Å². The van der Waals surface area contributed by atoms with Crippen LogP contribution < -0.4 is 0 Å². The second-order valence-corrected chi connectivity index (χ2v) is 3.71. The molecule has 0 atom stereocenters. The van der Waals surface area contributed by atoms with Gasteiger partial charge in [0.1, 0.15) is 0 Å². The Bertz CT molecular complexity index is 474. The van der Waals surface area contributed by atoms with Gasteiger partial charge in [-0.2, -0.15) is 5.10 Å². The smallest absolute Gasteiger partial charge is 0.0681 e. The highest BCUT2D eigenvalue weighted by molar-refractivity contribution is 5.66. The molecular weight excluding hydrogens is 188 g/mol. The highest BCUT2D eigenvalue weighted by Crippen LogP contribution is 2.23. The Balaban J connectivity index is 2.45. The summed E-state index contributed by atoms with van der Waals surface area (Å²) in [6.07, 6.45) is 3.84. The maximum Gasteiger partial charge on any atom is 0.0681 e. The number of nitrogens with zero attached hydrogens (tertiary/aromatic N) is 2. The Labute approximate surface area is 89.0 Å². The van der Waals surface area contributed by atoms with Crippen molar-refractivity contribution in [2.75, 3.05) is 0 Å². The number of hydrogen-bond donors (Lipinski definition) is 1. The summed E-state index contributed by atoms with van der Waals surface area (Å²) in [6.45, 7) is 2.13. The number of aryl methyl sites for hydroxylation is 2. The van der Waals surface area contributed by atoms with Gasteiger partial charge in [0.25, 0.3) is 0 Å². The lowest BCUT2D eigenvalue weighted by Crippen LogP contribution is -1.87. The molecule has 0 fully saturated rings. The van der Waals surface area contributed by atoms with E-state index >= 15 is 0 Å². The van der Waals surface area contributed by atoms with E-state index in [4.69, 9.17) is 5.11 Å². The Morgan fingerprint density at radius 1 is 1.40 bits per heavy atom. The summed E-state index contributed by atoms with van der Waals surface area (Å²) in [6, 6.07) is 5.97. The molecule has 2 aromatic rings. The van der Waals surface area contributed by atoms with Crippen molar-refractivity contribution in [2.24, 2.45) is 7.05 Å². The Morgan fingerprint density at radius 3 is 2.73 bits per heavy atom. The first-order chi connectivity index (χ1) is 7.20. The second-order valence-electron chi connectivity index (χ2n) is 3.71. The summed E-state index contributed by atoms with van der Waals surface area (Å²) in [5.74, 6) is 0. The first kappa shape index (κ1) is 9.93. The molecular formula is C12H14N2O. The van der Waals surface area contributed by atoms with E-state index < -0.39 is 0 Å². The third-order valence-corrected chi connectivity index (χ3v) is 2.49. The van der Waals surface area contributed by atoms with Gasteiger partial charge in [0.2, 0.25) is 0 Å². The highest BCUT2D eigenvalue weighted by Gasteiger charge is 2.04. The molecule has 1 heterocycles. The molecule has 0 aliphatic carbocycles. The summed E-state index contributed by atoms with van der Waals surface area (Å²) in [5, 5.41) is 13.2. The summed E-state index contributed by atoms with van der Waals surface area (Å²) in [7, 11) is 1.90. The van der Waals surface area contributed by atoms with E-state index in [1.54, 1.807) is 4.68 Å². The van der Waals surface area contributed by atoms with Crippen molar-refractivity contribution < 1.29 is 5.11 Å². The predicted molar refractivity (Wildman–Crippen MR) is 59.3 cm³/mol. The standard InChI is InChI=1S/C12H14N2O/c1-9-5-10(8-15)3-4-12(9)11-6-13-14(2)7-11/h3-7,15H,8H2,1-2H3. The van der Waals surface area contributed by atoms with Crippen LogP contribution in [0.1, 0.15) is 11.1 Å². The van der Waals surface area contributed by atoms with Crippen molar-refractivity contribution >= 4 is 0 Å². The van der Waals surface area contributed by atoms with Gasteiger partial charge in [-0.3, -0.25) is 4.68 Å². The number of rotatable bonds is 2. The van der Waals surface area contributed by atoms with E-state index in [1.165, 1.54) is 5.56 Å². The van der Waals surface area contributed by atoms with Crippen LogP contribution in [0, 0.1) is 6.92 Å². The minimum atomic E-state index is 0.0914. The quantitative estimate of drug-likeness (QED) is 0.807. The summed E-state index contributed by atoms with van der Waals surface area (Å²) in [5.41, 5.74) is 4.38. The Kier molecular flexibility index (Phi) is 2.56. The zero-order chi connectivity index (χ0) is 10.8. The molecule has 1 N–H and O–H groups in total. The zero-order valence-corrected chi connectivity index (χ0v) is 8.94. The normalized spacial score (nSPS) is 10.6. The van der Waals surface area contributed by atoms with Crippen LogP contribution in [0.3, 0.4) is 0 Å². The van der Waals surface area contributed by atoms with Gasteiger partial charge in [-0.05, 0) is 23.6 Å². The van der Waals surface area contributed by atoms with E-state index in [1.807, 2.05) is 44.6 Å². The molecule has 2 rings (SSSR count). The molecule has 0 spiro atoms. The fourth-order valence-corrected chi connectivity index (χ4v) is 1.71. The molecule has 15 heavy (non-hydrogen) atoms. The van der Waals surface area contributed by atoms with Gasteiger partial charge in [-0.25, -0.2) is 0 Å². The van der Waals surface area contributed by atoms with Crippen LogP contribution in [0.4, 0.5) is 0 Å². The number of aromatic nitrogens is 2. The van der Waals surface area contributed by atoms with Gasteiger partial charge >= 0.3 is 0 Å². The monoisotopic (exact) mass is 202 g/mol. The summed E-state index contributed by atoms with van der Waals surface area (Å²) < 4.78 is 1.79. The largest absolute Gasteiger partial charge is 0.392 e. The van der Waals surface area contributed by atoms with Crippen LogP contribution in [-0.4, -0.2) is 14.9 Å². The van der Waals surface area contributed by atoms with Crippen LogP contribution >= 0.6 is 0 Å². The summed E-state index contributed by atoms with van der Waals surface area (Å²) >= 11 is 0. The molecule has 0 saturated carbocycles. The van der Waals surface area contributed by atoms with Crippen molar-refractivity contribution in [2.45, 2.75) is 13.5 Å². The minimum Gasteiger partial charge on any atom is -0.392 e. The van der Waals surface area contributed by atoms with Gasteiger partial charge in [0.15, 0.2) is 0 Å². The maximum atomic E-state index is 9.01. The van der Waals surface area contributed by atoms with Crippen molar-refractivity contribution in [3.8, 4) is 11.1 Å². The van der Waals surface area contributed by atoms with Crippen molar-refractivity contribution in [1.29, 1.82) is 0 Å². The first-order valence-corrected chi connectivity index (χ1v) is 4.90. The fourth-order valence-electron chi connectivity index (χ4n) is 1.71.